The van der Waals surface area contributed by atoms with Crippen molar-refractivity contribution in [1.82, 2.24) is 4.90 Å². The Morgan fingerprint density at radius 1 is 1.18 bits per heavy atom. The molecule has 0 aromatic heterocycles. The predicted octanol–water partition coefficient (Wildman–Crippen LogP) is 2.77. The molecule has 1 saturated heterocycles. The van der Waals surface area contributed by atoms with Crippen LogP contribution in [0.1, 0.15) is 5.56 Å². The first-order chi connectivity index (χ1) is 10.7. The molecule has 5 nitrogen and oxygen atoms in total. The van der Waals surface area contributed by atoms with Gasteiger partial charge in [-0.2, -0.15) is 0 Å². The average molecular weight is 301 g/mol. The fourth-order valence-electron chi connectivity index (χ4n) is 2.86. The number of rotatable bonds is 4. The molecule has 1 aliphatic heterocycles. The fourth-order valence-corrected chi connectivity index (χ4v) is 2.86. The van der Waals surface area contributed by atoms with Crippen molar-refractivity contribution in [2.75, 3.05) is 32.8 Å². The standard InChI is InChI=1S/C17H19NO4/c19-17(20)22-16-6-5-13-3-1-2-4-14(13)15(16)7-8-18-9-11-21-12-10-18/h1-6H,7-12H2,(H,19,20). The topological polar surface area (TPSA) is 59.0 Å². The van der Waals surface area contributed by atoms with Gasteiger partial charge in [0.15, 0.2) is 0 Å². The van der Waals surface area contributed by atoms with E-state index in [1.54, 1.807) is 6.07 Å². The summed E-state index contributed by atoms with van der Waals surface area (Å²) >= 11 is 0. The molecule has 0 saturated carbocycles. The van der Waals surface area contributed by atoms with Crippen LogP contribution >= 0.6 is 0 Å². The summed E-state index contributed by atoms with van der Waals surface area (Å²) in [5.74, 6) is 0.430. The lowest BCUT2D eigenvalue weighted by atomic mass is 10.0. The summed E-state index contributed by atoms with van der Waals surface area (Å²) in [4.78, 5) is 13.2. The molecule has 0 aliphatic carbocycles. The van der Waals surface area contributed by atoms with Gasteiger partial charge < -0.3 is 14.6 Å². The summed E-state index contributed by atoms with van der Waals surface area (Å²) in [5.41, 5.74) is 0.951. The third kappa shape index (κ3) is 3.37. The van der Waals surface area contributed by atoms with Gasteiger partial charge in [-0.15, -0.1) is 0 Å². The van der Waals surface area contributed by atoms with Gasteiger partial charge in [0, 0.05) is 25.2 Å². The van der Waals surface area contributed by atoms with Gasteiger partial charge in [-0.1, -0.05) is 30.3 Å². The number of carboxylic acid groups (broad SMARTS) is 1. The van der Waals surface area contributed by atoms with Crippen molar-refractivity contribution in [2.24, 2.45) is 0 Å². The molecule has 1 heterocycles. The zero-order valence-corrected chi connectivity index (χ0v) is 12.3. The zero-order valence-electron chi connectivity index (χ0n) is 12.3. The summed E-state index contributed by atoms with van der Waals surface area (Å²) in [6.45, 7) is 4.22. The third-order valence-corrected chi connectivity index (χ3v) is 3.98. The molecular formula is C17H19NO4. The molecule has 3 rings (SSSR count). The second kappa shape index (κ2) is 6.77. The number of benzene rings is 2. The Kier molecular flexibility index (Phi) is 4.56. The summed E-state index contributed by atoms with van der Waals surface area (Å²) in [6.07, 6.45) is -0.521. The third-order valence-electron chi connectivity index (χ3n) is 3.98. The number of hydrogen-bond acceptors (Lipinski definition) is 4. The van der Waals surface area contributed by atoms with Gasteiger partial charge in [0.1, 0.15) is 5.75 Å². The van der Waals surface area contributed by atoms with Crippen LogP contribution in [0.4, 0.5) is 4.79 Å². The quantitative estimate of drug-likeness (QED) is 0.695. The van der Waals surface area contributed by atoms with Crippen molar-refractivity contribution >= 4 is 16.9 Å². The molecule has 2 aromatic carbocycles. The van der Waals surface area contributed by atoms with Crippen molar-refractivity contribution in [2.45, 2.75) is 6.42 Å². The largest absolute Gasteiger partial charge is 0.511 e. The first-order valence-corrected chi connectivity index (χ1v) is 7.45. The molecule has 1 fully saturated rings. The Hall–Kier alpha value is -2.11. The van der Waals surface area contributed by atoms with Gasteiger partial charge in [-0.25, -0.2) is 4.79 Å². The highest BCUT2D eigenvalue weighted by atomic mass is 16.7. The van der Waals surface area contributed by atoms with Gasteiger partial charge >= 0.3 is 6.16 Å². The normalized spacial score (nSPS) is 15.8. The van der Waals surface area contributed by atoms with Crippen LogP contribution in [-0.4, -0.2) is 49.0 Å². The van der Waals surface area contributed by atoms with Crippen LogP contribution in [0.25, 0.3) is 10.8 Å². The molecule has 0 amide bonds. The highest BCUT2D eigenvalue weighted by molar-refractivity contribution is 5.88. The zero-order chi connectivity index (χ0) is 15.4. The Morgan fingerprint density at radius 3 is 2.73 bits per heavy atom. The SMILES string of the molecule is O=C(O)Oc1ccc2ccccc2c1CCN1CCOCC1. The monoisotopic (exact) mass is 301 g/mol. The smallest absolute Gasteiger partial charge is 0.449 e. The average Bonchev–Trinajstić information content (AvgIpc) is 2.54. The fraction of sp³-hybridized carbons (Fsp3) is 0.353. The minimum absolute atomic E-state index is 0.430. The first-order valence-electron chi connectivity index (χ1n) is 7.45. The lowest BCUT2D eigenvalue weighted by molar-refractivity contribution is 0.0384. The van der Waals surface area contributed by atoms with Crippen LogP contribution in [0, 0.1) is 0 Å². The van der Waals surface area contributed by atoms with E-state index in [2.05, 4.69) is 4.90 Å². The van der Waals surface area contributed by atoms with Crippen LogP contribution in [0.15, 0.2) is 36.4 Å². The Morgan fingerprint density at radius 2 is 1.95 bits per heavy atom. The molecule has 1 aliphatic rings. The molecular weight excluding hydrogens is 282 g/mol. The van der Waals surface area contributed by atoms with Gasteiger partial charge in [0.25, 0.3) is 0 Å². The van der Waals surface area contributed by atoms with E-state index in [1.807, 2.05) is 30.3 Å². The van der Waals surface area contributed by atoms with Gasteiger partial charge in [-0.05, 0) is 23.3 Å². The first kappa shape index (κ1) is 14.8. The highest BCUT2D eigenvalue weighted by Gasteiger charge is 2.15. The lowest BCUT2D eigenvalue weighted by Gasteiger charge is -2.26. The van der Waals surface area contributed by atoms with Gasteiger partial charge in [-0.3, -0.25) is 4.90 Å². The Bertz CT molecular complexity index is 665. The number of morpholine rings is 1. The number of ether oxygens (including phenoxy) is 2. The van der Waals surface area contributed by atoms with Gasteiger partial charge in [0.05, 0.1) is 13.2 Å². The molecule has 0 radical (unpaired) electrons. The second-order valence-electron chi connectivity index (χ2n) is 5.34. The molecule has 5 heteroatoms. The molecule has 0 atom stereocenters. The van der Waals surface area contributed by atoms with E-state index in [-0.39, 0.29) is 0 Å². The molecule has 0 spiro atoms. The summed E-state index contributed by atoms with van der Waals surface area (Å²) < 4.78 is 10.3. The predicted molar refractivity (Wildman–Crippen MR) is 83.6 cm³/mol. The molecule has 116 valence electrons. The van der Waals surface area contributed by atoms with E-state index >= 15 is 0 Å². The molecule has 0 unspecified atom stereocenters. The highest BCUT2D eigenvalue weighted by Crippen LogP contribution is 2.29. The van der Waals surface area contributed by atoms with Crippen molar-refractivity contribution in [3.63, 3.8) is 0 Å². The van der Waals surface area contributed by atoms with Crippen molar-refractivity contribution in [1.29, 1.82) is 0 Å². The van der Waals surface area contributed by atoms with Crippen LogP contribution in [0.2, 0.25) is 0 Å². The van der Waals surface area contributed by atoms with E-state index in [1.165, 1.54) is 0 Å². The summed E-state index contributed by atoms with van der Waals surface area (Å²) in [6, 6.07) is 11.6. The number of nitrogens with zero attached hydrogens (tertiary/aromatic N) is 1. The van der Waals surface area contributed by atoms with Crippen molar-refractivity contribution < 1.29 is 19.4 Å². The maximum absolute atomic E-state index is 10.9. The van der Waals surface area contributed by atoms with Crippen molar-refractivity contribution in [3.05, 3.63) is 42.0 Å². The molecule has 1 N–H and O–H groups in total. The van der Waals surface area contributed by atoms with E-state index in [9.17, 15) is 4.79 Å². The van der Waals surface area contributed by atoms with Crippen LogP contribution in [0.3, 0.4) is 0 Å². The van der Waals surface area contributed by atoms with E-state index in [0.29, 0.717) is 5.75 Å². The van der Waals surface area contributed by atoms with Gasteiger partial charge in [0.2, 0.25) is 0 Å². The minimum atomic E-state index is -1.28. The summed E-state index contributed by atoms with van der Waals surface area (Å²) in [5, 5.41) is 11.1. The molecule has 22 heavy (non-hydrogen) atoms. The lowest BCUT2D eigenvalue weighted by Crippen LogP contribution is -2.37. The van der Waals surface area contributed by atoms with Crippen molar-refractivity contribution in [3.8, 4) is 5.75 Å². The maximum atomic E-state index is 10.9. The Balaban J connectivity index is 1.87. The summed E-state index contributed by atoms with van der Waals surface area (Å²) in [7, 11) is 0. The molecule has 2 aromatic rings. The second-order valence-corrected chi connectivity index (χ2v) is 5.34. The van der Waals surface area contributed by atoms with E-state index < -0.39 is 6.16 Å². The Labute approximate surface area is 129 Å². The number of carbonyl (C=O) groups is 1. The molecule has 0 bridgehead atoms. The van der Waals surface area contributed by atoms with E-state index in [4.69, 9.17) is 14.6 Å². The number of hydrogen-bond donors (Lipinski definition) is 1. The number of fused-ring (bicyclic) bond motifs is 1. The van der Waals surface area contributed by atoms with Crippen LogP contribution in [-0.2, 0) is 11.2 Å². The van der Waals surface area contributed by atoms with Crippen LogP contribution < -0.4 is 4.74 Å². The minimum Gasteiger partial charge on any atom is -0.449 e. The maximum Gasteiger partial charge on any atom is 0.511 e. The van der Waals surface area contributed by atoms with E-state index in [0.717, 1.165) is 55.6 Å². The van der Waals surface area contributed by atoms with Crippen LogP contribution in [0.5, 0.6) is 5.75 Å².